The first-order valence-electron chi connectivity index (χ1n) is 7.58. The summed E-state index contributed by atoms with van der Waals surface area (Å²) in [7, 11) is 1.60. The van der Waals surface area contributed by atoms with E-state index in [1.54, 1.807) is 31.4 Å². The molecule has 1 aromatic carbocycles. The number of ether oxygens (including phenoxy) is 1. The van der Waals surface area contributed by atoms with Gasteiger partial charge in [0.1, 0.15) is 5.75 Å². The number of carbonyl (C=O) groups excluding carboxylic acids is 1. The minimum Gasteiger partial charge on any atom is -0.497 e. The number of nitrogens with two attached hydrogens (primary N) is 1. The predicted molar refractivity (Wildman–Crippen MR) is 84.7 cm³/mol. The Morgan fingerprint density at radius 1 is 1.18 bits per heavy atom. The van der Waals surface area contributed by atoms with Crippen LogP contribution in [0.4, 0.5) is 0 Å². The Hall–Kier alpha value is -2.24. The second-order valence-corrected chi connectivity index (χ2v) is 5.27. The van der Waals surface area contributed by atoms with Crippen molar-refractivity contribution >= 4 is 11.7 Å². The van der Waals surface area contributed by atoms with Crippen LogP contribution in [0, 0.1) is 0 Å². The third kappa shape index (κ3) is 4.65. The van der Waals surface area contributed by atoms with E-state index in [0.717, 1.165) is 37.2 Å². The van der Waals surface area contributed by atoms with Crippen LogP contribution < -0.4 is 10.5 Å². The van der Waals surface area contributed by atoms with Gasteiger partial charge in [-0.2, -0.15) is 0 Å². The summed E-state index contributed by atoms with van der Waals surface area (Å²) in [6.07, 6.45) is 4.49. The number of methoxy groups -OCH3 is 1. The normalized spacial score (nSPS) is 16.0. The number of hydrogen-bond donors (Lipinski definition) is 1. The SMILES string of the molecule is COc1ccc(/C(N)=N\OCC(=O)N2CCCCCC2)cc1. The first-order chi connectivity index (χ1) is 10.7. The lowest BCUT2D eigenvalue weighted by Gasteiger charge is -2.19. The number of nitrogens with zero attached hydrogens (tertiary/aromatic N) is 2. The number of carbonyl (C=O) groups is 1. The highest BCUT2D eigenvalue weighted by molar-refractivity contribution is 5.97. The summed E-state index contributed by atoms with van der Waals surface area (Å²) in [5, 5.41) is 3.81. The molecule has 1 aliphatic rings. The molecular weight excluding hydrogens is 282 g/mol. The summed E-state index contributed by atoms with van der Waals surface area (Å²) < 4.78 is 5.08. The Morgan fingerprint density at radius 2 is 1.82 bits per heavy atom. The van der Waals surface area contributed by atoms with Crippen LogP contribution in [0.1, 0.15) is 31.2 Å². The maximum atomic E-state index is 12.0. The van der Waals surface area contributed by atoms with Crippen LogP contribution in [0.2, 0.25) is 0 Å². The molecule has 120 valence electrons. The molecule has 1 saturated heterocycles. The monoisotopic (exact) mass is 305 g/mol. The summed E-state index contributed by atoms with van der Waals surface area (Å²) in [6, 6.07) is 7.16. The zero-order valence-corrected chi connectivity index (χ0v) is 13.0. The van der Waals surface area contributed by atoms with Crippen molar-refractivity contribution in [2.45, 2.75) is 25.7 Å². The fourth-order valence-electron chi connectivity index (χ4n) is 2.38. The van der Waals surface area contributed by atoms with Gasteiger partial charge in [-0.25, -0.2) is 0 Å². The summed E-state index contributed by atoms with van der Waals surface area (Å²) in [5.74, 6) is 0.952. The van der Waals surface area contributed by atoms with E-state index in [1.807, 2.05) is 4.90 Å². The van der Waals surface area contributed by atoms with Crippen LogP contribution in [0.3, 0.4) is 0 Å². The Morgan fingerprint density at radius 3 is 2.41 bits per heavy atom. The molecule has 0 saturated carbocycles. The summed E-state index contributed by atoms with van der Waals surface area (Å²) in [4.78, 5) is 19.0. The van der Waals surface area contributed by atoms with Gasteiger partial charge < -0.3 is 20.2 Å². The van der Waals surface area contributed by atoms with E-state index in [-0.39, 0.29) is 18.3 Å². The predicted octanol–water partition coefficient (Wildman–Crippen LogP) is 1.73. The van der Waals surface area contributed by atoms with Crippen molar-refractivity contribution in [3.8, 4) is 5.75 Å². The molecule has 0 unspecified atom stereocenters. The number of benzene rings is 1. The topological polar surface area (TPSA) is 77.1 Å². The smallest absolute Gasteiger partial charge is 0.263 e. The molecule has 0 radical (unpaired) electrons. The Bertz CT molecular complexity index is 506. The van der Waals surface area contributed by atoms with Crippen LogP contribution in [0.25, 0.3) is 0 Å². The van der Waals surface area contributed by atoms with Gasteiger partial charge in [-0.05, 0) is 37.1 Å². The van der Waals surface area contributed by atoms with Crippen LogP contribution in [0.15, 0.2) is 29.4 Å². The van der Waals surface area contributed by atoms with E-state index in [1.165, 1.54) is 12.8 Å². The fourth-order valence-corrected chi connectivity index (χ4v) is 2.38. The lowest BCUT2D eigenvalue weighted by molar-refractivity contribution is -0.136. The van der Waals surface area contributed by atoms with Crippen molar-refractivity contribution in [3.05, 3.63) is 29.8 Å². The maximum absolute atomic E-state index is 12.0. The molecule has 0 aromatic heterocycles. The van der Waals surface area contributed by atoms with Crippen LogP contribution in [-0.4, -0.2) is 43.4 Å². The molecule has 22 heavy (non-hydrogen) atoms. The zero-order valence-electron chi connectivity index (χ0n) is 13.0. The van der Waals surface area contributed by atoms with E-state index in [4.69, 9.17) is 15.3 Å². The maximum Gasteiger partial charge on any atom is 0.263 e. The first-order valence-corrected chi connectivity index (χ1v) is 7.58. The van der Waals surface area contributed by atoms with E-state index in [0.29, 0.717) is 0 Å². The van der Waals surface area contributed by atoms with Crippen molar-refractivity contribution in [2.75, 3.05) is 26.8 Å². The molecule has 1 aromatic rings. The highest BCUT2D eigenvalue weighted by Crippen LogP contribution is 2.11. The molecule has 1 amide bonds. The molecule has 0 spiro atoms. The van der Waals surface area contributed by atoms with Crippen molar-refractivity contribution in [3.63, 3.8) is 0 Å². The Balaban J connectivity index is 1.83. The van der Waals surface area contributed by atoms with Crippen molar-refractivity contribution in [2.24, 2.45) is 10.9 Å². The van der Waals surface area contributed by atoms with Crippen molar-refractivity contribution in [1.82, 2.24) is 4.90 Å². The molecule has 0 aliphatic carbocycles. The van der Waals surface area contributed by atoms with E-state index < -0.39 is 0 Å². The number of hydrogen-bond acceptors (Lipinski definition) is 4. The van der Waals surface area contributed by atoms with Crippen LogP contribution in [-0.2, 0) is 9.63 Å². The number of rotatable bonds is 5. The molecule has 2 rings (SSSR count). The van der Waals surface area contributed by atoms with Gasteiger partial charge in [0.2, 0.25) is 0 Å². The Kier molecular flexibility index (Phi) is 6.06. The van der Waals surface area contributed by atoms with Gasteiger partial charge in [-0.15, -0.1) is 0 Å². The molecule has 1 aliphatic heterocycles. The summed E-state index contributed by atoms with van der Waals surface area (Å²) in [6.45, 7) is 1.54. The average Bonchev–Trinajstić information content (AvgIpc) is 2.84. The summed E-state index contributed by atoms with van der Waals surface area (Å²) in [5.41, 5.74) is 6.56. The molecule has 2 N–H and O–H groups in total. The average molecular weight is 305 g/mol. The molecule has 0 bridgehead atoms. The van der Waals surface area contributed by atoms with Gasteiger partial charge in [0.05, 0.1) is 7.11 Å². The largest absolute Gasteiger partial charge is 0.497 e. The summed E-state index contributed by atoms with van der Waals surface area (Å²) >= 11 is 0. The van der Waals surface area contributed by atoms with Crippen LogP contribution in [0.5, 0.6) is 5.75 Å². The van der Waals surface area contributed by atoms with Crippen molar-refractivity contribution < 1.29 is 14.4 Å². The molecule has 0 atom stereocenters. The number of oxime groups is 1. The quantitative estimate of drug-likeness (QED) is 0.510. The fraction of sp³-hybridized carbons (Fsp3) is 0.500. The molecule has 6 nitrogen and oxygen atoms in total. The van der Waals surface area contributed by atoms with Crippen LogP contribution >= 0.6 is 0 Å². The van der Waals surface area contributed by atoms with E-state index in [2.05, 4.69) is 5.16 Å². The lowest BCUT2D eigenvalue weighted by Crippen LogP contribution is -2.34. The van der Waals surface area contributed by atoms with Gasteiger partial charge in [0.25, 0.3) is 5.91 Å². The number of amides is 1. The van der Waals surface area contributed by atoms with Gasteiger partial charge in [0.15, 0.2) is 12.4 Å². The second-order valence-electron chi connectivity index (χ2n) is 5.27. The third-order valence-corrected chi connectivity index (χ3v) is 3.70. The zero-order chi connectivity index (χ0) is 15.8. The van der Waals surface area contributed by atoms with Gasteiger partial charge in [-0.1, -0.05) is 18.0 Å². The van der Waals surface area contributed by atoms with E-state index >= 15 is 0 Å². The second kappa shape index (κ2) is 8.26. The molecule has 1 fully saturated rings. The molecular formula is C16H23N3O3. The molecule has 1 heterocycles. The Labute approximate surface area is 130 Å². The highest BCUT2D eigenvalue weighted by atomic mass is 16.6. The lowest BCUT2D eigenvalue weighted by atomic mass is 10.2. The van der Waals surface area contributed by atoms with Crippen molar-refractivity contribution in [1.29, 1.82) is 0 Å². The number of likely N-dealkylation sites (tertiary alicyclic amines) is 1. The minimum atomic E-state index is -0.0726. The minimum absolute atomic E-state index is 0.0341. The van der Waals surface area contributed by atoms with E-state index in [9.17, 15) is 4.79 Å². The first kappa shape index (κ1) is 16.1. The van der Waals surface area contributed by atoms with Gasteiger partial charge in [-0.3, -0.25) is 4.79 Å². The van der Waals surface area contributed by atoms with Gasteiger partial charge >= 0.3 is 0 Å². The standard InChI is InChI=1S/C16H23N3O3/c1-21-14-8-6-13(7-9-14)16(17)18-22-12-15(20)19-10-4-2-3-5-11-19/h6-9H,2-5,10-12H2,1H3,(H2,17,18). The van der Waals surface area contributed by atoms with Gasteiger partial charge in [0, 0.05) is 18.7 Å². The number of amidine groups is 1. The molecule has 6 heteroatoms. The third-order valence-electron chi connectivity index (χ3n) is 3.70. The highest BCUT2D eigenvalue weighted by Gasteiger charge is 2.15.